The molecule has 0 amide bonds. The van der Waals surface area contributed by atoms with Gasteiger partial charge in [-0.2, -0.15) is 5.10 Å². The van der Waals surface area contributed by atoms with Gasteiger partial charge in [0.15, 0.2) is 5.78 Å². The van der Waals surface area contributed by atoms with Crippen LogP contribution in [0.3, 0.4) is 0 Å². The van der Waals surface area contributed by atoms with Crippen LogP contribution in [0.2, 0.25) is 0 Å². The number of carbonyl (C=O) groups is 1. The van der Waals surface area contributed by atoms with E-state index in [0.717, 1.165) is 24.2 Å². The second kappa shape index (κ2) is 4.65. The summed E-state index contributed by atoms with van der Waals surface area (Å²) in [7, 11) is 1.85. The van der Waals surface area contributed by atoms with Crippen LogP contribution in [0.4, 0.5) is 0 Å². The average Bonchev–Trinajstić information content (AvgIpc) is 2.77. The van der Waals surface area contributed by atoms with Crippen molar-refractivity contribution in [3.05, 3.63) is 52.8 Å². The molecule has 1 aromatic heterocycles. The molecule has 0 saturated heterocycles. The lowest BCUT2D eigenvalue weighted by Crippen LogP contribution is -2.21. The Morgan fingerprint density at radius 3 is 2.89 bits per heavy atom. The number of hydrogen-bond acceptors (Lipinski definition) is 2. The molecule has 3 rings (SSSR count). The lowest BCUT2D eigenvalue weighted by atomic mass is 9.75. The Morgan fingerprint density at radius 1 is 1.42 bits per heavy atom. The molecule has 0 aliphatic heterocycles. The molecule has 1 aliphatic carbocycles. The first-order valence-corrected chi connectivity index (χ1v) is 6.83. The van der Waals surface area contributed by atoms with Crippen LogP contribution in [0.25, 0.3) is 0 Å². The molecular weight excluding hydrogens is 236 g/mol. The predicted octanol–water partition coefficient (Wildman–Crippen LogP) is 2.90. The third-order valence-electron chi connectivity index (χ3n) is 3.97. The van der Waals surface area contributed by atoms with Crippen LogP contribution in [-0.2, 0) is 19.9 Å². The lowest BCUT2D eigenvalue weighted by Gasteiger charge is -2.29. The first-order valence-electron chi connectivity index (χ1n) is 6.83. The summed E-state index contributed by atoms with van der Waals surface area (Å²) in [5, 5.41) is 4.34. The number of hydrogen-bond donors (Lipinski definition) is 0. The Morgan fingerprint density at radius 2 is 2.21 bits per heavy atom. The minimum absolute atomic E-state index is 0.203. The number of aromatic nitrogens is 2. The van der Waals surface area contributed by atoms with Crippen molar-refractivity contribution < 1.29 is 4.79 Å². The molecule has 1 heterocycles. The molecule has 0 spiro atoms. The van der Waals surface area contributed by atoms with Gasteiger partial charge in [-0.3, -0.25) is 9.48 Å². The van der Waals surface area contributed by atoms with Crippen molar-refractivity contribution in [2.24, 2.45) is 7.05 Å². The topological polar surface area (TPSA) is 34.9 Å². The molecule has 0 fully saturated rings. The van der Waals surface area contributed by atoms with Crippen molar-refractivity contribution in [1.82, 2.24) is 9.78 Å². The molecule has 98 valence electrons. The van der Waals surface area contributed by atoms with E-state index in [2.05, 4.69) is 36.3 Å². The van der Waals surface area contributed by atoms with Crippen molar-refractivity contribution in [3.63, 3.8) is 0 Å². The van der Waals surface area contributed by atoms with Crippen LogP contribution in [0.5, 0.6) is 0 Å². The molecule has 0 N–H and O–H groups in total. The molecule has 0 radical (unpaired) electrons. The number of carbonyl (C=O) groups excluding carboxylic acids is 1. The van der Waals surface area contributed by atoms with E-state index in [4.69, 9.17) is 0 Å². The maximum Gasteiger partial charge on any atom is 0.181 e. The van der Waals surface area contributed by atoms with Gasteiger partial charge in [0, 0.05) is 13.5 Å². The van der Waals surface area contributed by atoms with Crippen LogP contribution in [0.1, 0.15) is 46.6 Å². The second-order valence-electron chi connectivity index (χ2n) is 5.23. The van der Waals surface area contributed by atoms with E-state index in [9.17, 15) is 4.79 Å². The van der Waals surface area contributed by atoms with Gasteiger partial charge < -0.3 is 0 Å². The van der Waals surface area contributed by atoms with Gasteiger partial charge in [0.2, 0.25) is 0 Å². The van der Waals surface area contributed by atoms with Gasteiger partial charge in [-0.15, -0.1) is 0 Å². The quantitative estimate of drug-likeness (QED) is 0.786. The minimum Gasteiger partial charge on any atom is -0.292 e. The summed E-state index contributed by atoms with van der Waals surface area (Å²) < 4.78 is 1.71. The number of benzene rings is 1. The van der Waals surface area contributed by atoms with E-state index >= 15 is 0 Å². The number of rotatable bonds is 4. The Labute approximate surface area is 113 Å². The van der Waals surface area contributed by atoms with Crippen LogP contribution < -0.4 is 0 Å². The van der Waals surface area contributed by atoms with Gasteiger partial charge in [-0.25, -0.2) is 0 Å². The van der Waals surface area contributed by atoms with Crippen molar-refractivity contribution in [2.45, 2.75) is 32.1 Å². The zero-order valence-corrected chi connectivity index (χ0v) is 11.4. The van der Waals surface area contributed by atoms with Gasteiger partial charge >= 0.3 is 0 Å². The summed E-state index contributed by atoms with van der Waals surface area (Å²) in [6.45, 7) is 2.05. The second-order valence-corrected chi connectivity index (χ2v) is 5.23. The van der Waals surface area contributed by atoms with E-state index in [1.54, 1.807) is 4.68 Å². The van der Waals surface area contributed by atoms with E-state index in [1.165, 1.54) is 11.1 Å². The first kappa shape index (κ1) is 12.2. The SMILES string of the molecule is CCc1cc(C(=O)CC2Cc3ccccc32)n(C)n1. The van der Waals surface area contributed by atoms with Crippen LogP contribution in [-0.4, -0.2) is 15.6 Å². The van der Waals surface area contributed by atoms with Crippen molar-refractivity contribution in [2.75, 3.05) is 0 Å². The number of aryl methyl sites for hydroxylation is 2. The Kier molecular flexibility index (Phi) is 2.97. The van der Waals surface area contributed by atoms with E-state index in [0.29, 0.717) is 12.3 Å². The molecule has 3 nitrogen and oxygen atoms in total. The highest BCUT2D eigenvalue weighted by Crippen LogP contribution is 2.37. The van der Waals surface area contributed by atoms with Crippen molar-refractivity contribution in [3.8, 4) is 0 Å². The van der Waals surface area contributed by atoms with Gasteiger partial charge in [0.05, 0.1) is 5.69 Å². The van der Waals surface area contributed by atoms with Crippen molar-refractivity contribution >= 4 is 5.78 Å². The summed E-state index contributed by atoms with van der Waals surface area (Å²) in [4.78, 5) is 12.3. The van der Waals surface area contributed by atoms with E-state index < -0.39 is 0 Å². The average molecular weight is 254 g/mol. The molecule has 19 heavy (non-hydrogen) atoms. The van der Waals surface area contributed by atoms with Crippen LogP contribution in [0.15, 0.2) is 30.3 Å². The fourth-order valence-electron chi connectivity index (χ4n) is 2.83. The summed E-state index contributed by atoms with van der Waals surface area (Å²) in [6.07, 6.45) is 2.49. The van der Waals surface area contributed by atoms with Gasteiger partial charge in [-0.05, 0) is 36.0 Å². The maximum absolute atomic E-state index is 12.3. The monoisotopic (exact) mass is 254 g/mol. The highest BCUT2D eigenvalue weighted by Gasteiger charge is 2.28. The number of ketones is 1. The first-order chi connectivity index (χ1) is 9.19. The molecule has 1 unspecified atom stereocenters. The maximum atomic E-state index is 12.3. The highest BCUT2D eigenvalue weighted by atomic mass is 16.1. The third kappa shape index (κ3) is 2.09. The van der Waals surface area contributed by atoms with Crippen LogP contribution >= 0.6 is 0 Å². The molecule has 3 heteroatoms. The highest BCUT2D eigenvalue weighted by molar-refractivity contribution is 5.95. The summed E-state index contributed by atoms with van der Waals surface area (Å²) >= 11 is 0. The van der Waals surface area contributed by atoms with Crippen LogP contribution in [0, 0.1) is 0 Å². The predicted molar refractivity (Wildman–Crippen MR) is 74.4 cm³/mol. The zero-order chi connectivity index (χ0) is 13.4. The zero-order valence-electron chi connectivity index (χ0n) is 11.4. The minimum atomic E-state index is 0.203. The Bertz CT molecular complexity index is 627. The largest absolute Gasteiger partial charge is 0.292 e. The van der Waals surface area contributed by atoms with Gasteiger partial charge in [-0.1, -0.05) is 31.2 Å². The standard InChI is InChI=1S/C16H18N2O/c1-3-13-10-15(18(2)17-13)16(19)9-12-8-11-6-4-5-7-14(11)12/h4-7,10,12H,3,8-9H2,1-2H3. The van der Waals surface area contributed by atoms with E-state index in [-0.39, 0.29) is 5.78 Å². The third-order valence-corrected chi connectivity index (χ3v) is 3.97. The molecule has 1 aromatic carbocycles. The molecule has 0 bridgehead atoms. The lowest BCUT2D eigenvalue weighted by molar-refractivity contribution is 0.0961. The smallest absolute Gasteiger partial charge is 0.181 e. The summed E-state index contributed by atoms with van der Waals surface area (Å²) in [5.41, 5.74) is 4.45. The Hall–Kier alpha value is -1.90. The number of nitrogens with zero attached hydrogens (tertiary/aromatic N) is 2. The molecular formula is C16H18N2O. The van der Waals surface area contributed by atoms with Gasteiger partial charge in [0.25, 0.3) is 0 Å². The van der Waals surface area contributed by atoms with Gasteiger partial charge in [0.1, 0.15) is 5.69 Å². The number of fused-ring (bicyclic) bond motifs is 1. The Balaban J connectivity index is 1.75. The molecule has 1 aliphatic rings. The molecule has 2 aromatic rings. The summed E-state index contributed by atoms with van der Waals surface area (Å²) in [5.74, 6) is 0.595. The van der Waals surface area contributed by atoms with E-state index in [1.807, 2.05) is 13.1 Å². The summed E-state index contributed by atoms with van der Waals surface area (Å²) in [6, 6.07) is 10.3. The fourth-order valence-corrected chi connectivity index (χ4v) is 2.83. The fraction of sp³-hybridized carbons (Fsp3) is 0.375. The molecule has 0 saturated carbocycles. The number of Topliss-reactive ketones (excluding diaryl/α,β-unsaturated/α-hetero) is 1. The molecule has 1 atom stereocenters. The van der Waals surface area contributed by atoms with Crippen molar-refractivity contribution in [1.29, 1.82) is 0 Å². The normalized spacial score (nSPS) is 16.8.